The molecule has 5 heteroatoms. The number of ketones is 2. The van der Waals surface area contributed by atoms with Gasteiger partial charge in [-0.05, 0) is 44.1 Å². The van der Waals surface area contributed by atoms with Crippen molar-refractivity contribution in [3.63, 3.8) is 0 Å². The van der Waals surface area contributed by atoms with E-state index in [-0.39, 0.29) is 41.1 Å². The fraction of sp³-hybridized carbons (Fsp3) is 0.850. The Morgan fingerprint density at radius 1 is 1.00 bits per heavy atom. The van der Waals surface area contributed by atoms with Crippen molar-refractivity contribution in [1.29, 1.82) is 0 Å². The molecule has 2 atom stereocenters. The first kappa shape index (κ1) is 23.8. The Morgan fingerprint density at radius 3 is 2.08 bits per heavy atom. The molecule has 146 valence electrons. The van der Waals surface area contributed by atoms with Crippen LogP contribution in [0.3, 0.4) is 0 Å². The van der Waals surface area contributed by atoms with Crippen molar-refractivity contribution in [2.45, 2.75) is 86.1 Å². The second-order valence-electron chi connectivity index (χ2n) is 8.60. The zero-order valence-corrected chi connectivity index (χ0v) is 17.0. The highest BCUT2D eigenvalue weighted by molar-refractivity contribution is 5.91. The molecular weight excluding hydrogens is 316 g/mol. The van der Waals surface area contributed by atoms with Crippen LogP contribution in [0.2, 0.25) is 0 Å². The second kappa shape index (κ2) is 11.4. The predicted molar refractivity (Wildman–Crippen MR) is 102 cm³/mol. The summed E-state index contributed by atoms with van der Waals surface area (Å²) in [6.45, 7) is 12.4. The number of unbranched alkanes of at least 4 members (excludes halogenated alkanes) is 1. The molecule has 1 amide bonds. The summed E-state index contributed by atoms with van der Waals surface area (Å²) in [5.74, 6) is -0.397. The number of amides is 1. The summed E-state index contributed by atoms with van der Waals surface area (Å²) in [5, 5.41) is 2.81. The van der Waals surface area contributed by atoms with Gasteiger partial charge in [-0.15, -0.1) is 0 Å². The minimum absolute atomic E-state index is 0.0417. The first-order valence-corrected chi connectivity index (χ1v) is 9.52. The largest absolute Gasteiger partial charge is 0.346 e. The van der Waals surface area contributed by atoms with E-state index < -0.39 is 6.04 Å². The monoisotopic (exact) mass is 354 g/mol. The number of hydrogen-bond acceptors (Lipinski definition) is 4. The van der Waals surface area contributed by atoms with Gasteiger partial charge in [0.15, 0.2) is 5.78 Å². The molecule has 0 aromatic carbocycles. The SMILES string of the molecule is CC(C)[C@H](CC(=O)CCCCN)C(=O)N[C@@H](C)C(=O)CCC(C)(C)C. The lowest BCUT2D eigenvalue weighted by Crippen LogP contribution is -2.43. The van der Waals surface area contributed by atoms with Crippen LogP contribution in [0.5, 0.6) is 0 Å². The van der Waals surface area contributed by atoms with Crippen molar-refractivity contribution in [3.05, 3.63) is 0 Å². The smallest absolute Gasteiger partial charge is 0.224 e. The summed E-state index contributed by atoms with van der Waals surface area (Å²) >= 11 is 0. The highest BCUT2D eigenvalue weighted by Crippen LogP contribution is 2.21. The maximum Gasteiger partial charge on any atom is 0.224 e. The van der Waals surface area contributed by atoms with Crippen molar-refractivity contribution in [2.24, 2.45) is 23.0 Å². The highest BCUT2D eigenvalue weighted by Gasteiger charge is 2.27. The van der Waals surface area contributed by atoms with Gasteiger partial charge in [0, 0.05) is 25.2 Å². The van der Waals surface area contributed by atoms with E-state index in [0.29, 0.717) is 19.4 Å². The van der Waals surface area contributed by atoms with E-state index in [1.165, 1.54) is 0 Å². The standard InChI is InChI=1S/C20H38N2O3/c1-14(2)17(13-16(23)9-7-8-12-21)19(25)22-15(3)18(24)10-11-20(4,5)6/h14-15,17H,7-13,21H2,1-6H3,(H,22,25)/t15-,17-/m0/s1. The fourth-order valence-electron chi connectivity index (χ4n) is 2.56. The minimum atomic E-state index is -0.511. The Hall–Kier alpha value is -1.23. The topological polar surface area (TPSA) is 89.3 Å². The number of carbonyl (C=O) groups is 3. The second-order valence-corrected chi connectivity index (χ2v) is 8.60. The molecule has 0 spiro atoms. The average Bonchev–Trinajstić information content (AvgIpc) is 2.49. The summed E-state index contributed by atoms with van der Waals surface area (Å²) in [5.41, 5.74) is 5.53. The maximum atomic E-state index is 12.5. The molecule has 0 aliphatic heterocycles. The summed E-state index contributed by atoms with van der Waals surface area (Å²) in [6, 6.07) is -0.511. The number of rotatable bonds is 12. The Bertz CT molecular complexity index is 439. The molecule has 0 saturated heterocycles. The summed E-state index contributed by atoms with van der Waals surface area (Å²) in [4.78, 5) is 36.8. The lowest BCUT2D eigenvalue weighted by Gasteiger charge is -2.23. The Labute approximate surface area is 153 Å². The molecule has 3 N–H and O–H groups in total. The van der Waals surface area contributed by atoms with E-state index in [1.54, 1.807) is 6.92 Å². The van der Waals surface area contributed by atoms with Crippen molar-refractivity contribution in [2.75, 3.05) is 6.54 Å². The van der Waals surface area contributed by atoms with Crippen LogP contribution in [0.15, 0.2) is 0 Å². The van der Waals surface area contributed by atoms with Crippen molar-refractivity contribution in [1.82, 2.24) is 5.32 Å². The Kier molecular flexibility index (Phi) is 10.8. The molecule has 0 aromatic heterocycles. The van der Waals surface area contributed by atoms with Crippen LogP contribution < -0.4 is 11.1 Å². The zero-order valence-electron chi connectivity index (χ0n) is 17.0. The fourth-order valence-corrected chi connectivity index (χ4v) is 2.56. The van der Waals surface area contributed by atoms with Crippen LogP contribution in [0.4, 0.5) is 0 Å². The normalized spacial score (nSPS) is 14.2. The summed E-state index contributed by atoms with van der Waals surface area (Å²) in [6.07, 6.45) is 3.53. The molecule has 0 radical (unpaired) electrons. The number of hydrogen-bond donors (Lipinski definition) is 2. The molecule has 0 heterocycles. The molecule has 0 aliphatic rings. The first-order valence-electron chi connectivity index (χ1n) is 9.52. The van der Waals surface area contributed by atoms with Gasteiger partial charge in [0.1, 0.15) is 5.78 Å². The van der Waals surface area contributed by atoms with Crippen LogP contribution in [-0.2, 0) is 14.4 Å². The predicted octanol–water partition coefficient (Wildman–Crippen LogP) is 3.25. The van der Waals surface area contributed by atoms with Crippen LogP contribution in [0.1, 0.15) is 80.1 Å². The van der Waals surface area contributed by atoms with Gasteiger partial charge in [-0.2, -0.15) is 0 Å². The van der Waals surface area contributed by atoms with Gasteiger partial charge in [0.05, 0.1) is 6.04 Å². The number of nitrogens with two attached hydrogens (primary N) is 1. The van der Waals surface area contributed by atoms with E-state index in [4.69, 9.17) is 5.73 Å². The quantitative estimate of drug-likeness (QED) is 0.527. The third-order valence-electron chi connectivity index (χ3n) is 4.46. The van der Waals surface area contributed by atoms with Crippen LogP contribution >= 0.6 is 0 Å². The van der Waals surface area contributed by atoms with Gasteiger partial charge in [0.2, 0.25) is 5.91 Å². The molecule has 0 aromatic rings. The van der Waals surface area contributed by atoms with E-state index >= 15 is 0 Å². The summed E-state index contributed by atoms with van der Waals surface area (Å²) in [7, 11) is 0. The molecule has 0 fully saturated rings. The van der Waals surface area contributed by atoms with Crippen molar-refractivity contribution in [3.8, 4) is 0 Å². The van der Waals surface area contributed by atoms with E-state index in [0.717, 1.165) is 19.3 Å². The van der Waals surface area contributed by atoms with Crippen molar-refractivity contribution < 1.29 is 14.4 Å². The third-order valence-corrected chi connectivity index (χ3v) is 4.46. The first-order chi connectivity index (χ1) is 11.5. The van der Waals surface area contributed by atoms with E-state index in [2.05, 4.69) is 26.1 Å². The van der Waals surface area contributed by atoms with Gasteiger partial charge in [-0.25, -0.2) is 0 Å². The van der Waals surface area contributed by atoms with Crippen LogP contribution in [-0.4, -0.2) is 30.1 Å². The van der Waals surface area contributed by atoms with Gasteiger partial charge < -0.3 is 11.1 Å². The van der Waals surface area contributed by atoms with Gasteiger partial charge in [-0.3, -0.25) is 14.4 Å². The molecule has 5 nitrogen and oxygen atoms in total. The lowest BCUT2D eigenvalue weighted by molar-refractivity contribution is -0.133. The third kappa shape index (κ3) is 11.1. The van der Waals surface area contributed by atoms with Gasteiger partial charge in [0.25, 0.3) is 0 Å². The summed E-state index contributed by atoms with van der Waals surface area (Å²) < 4.78 is 0. The number of nitrogens with one attached hydrogen (secondary N) is 1. The van der Waals surface area contributed by atoms with Crippen LogP contribution in [0.25, 0.3) is 0 Å². The van der Waals surface area contributed by atoms with E-state index in [9.17, 15) is 14.4 Å². The molecule has 0 rings (SSSR count). The Morgan fingerprint density at radius 2 is 1.60 bits per heavy atom. The van der Waals surface area contributed by atoms with Gasteiger partial charge >= 0.3 is 0 Å². The minimum Gasteiger partial charge on any atom is -0.346 e. The average molecular weight is 355 g/mol. The Balaban J connectivity index is 4.57. The molecule has 0 aliphatic carbocycles. The molecule has 25 heavy (non-hydrogen) atoms. The molecule has 0 saturated carbocycles. The highest BCUT2D eigenvalue weighted by atomic mass is 16.2. The zero-order chi connectivity index (χ0) is 19.6. The van der Waals surface area contributed by atoms with Gasteiger partial charge in [-0.1, -0.05) is 34.6 Å². The van der Waals surface area contributed by atoms with E-state index in [1.807, 2.05) is 13.8 Å². The molecular formula is C20H38N2O3. The van der Waals surface area contributed by atoms with Crippen molar-refractivity contribution >= 4 is 17.5 Å². The molecule has 0 bridgehead atoms. The number of carbonyl (C=O) groups excluding carboxylic acids is 3. The maximum absolute atomic E-state index is 12.5. The number of Topliss-reactive ketones (excluding diaryl/α,β-unsaturated/α-hetero) is 2. The lowest BCUT2D eigenvalue weighted by atomic mass is 9.87. The molecule has 0 unspecified atom stereocenters. The van der Waals surface area contributed by atoms with Crippen LogP contribution in [0, 0.1) is 17.3 Å².